The van der Waals surface area contributed by atoms with E-state index in [0.29, 0.717) is 11.0 Å². The highest BCUT2D eigenvalue weighted by atomic mass is 16.2. The first-order valence-electron chi connectivity index (χ1n) is 7.06. The van der Waals surface area contributed by atoms with Gasteiger partial charge in [0.05, 0.1) is 5.56 Å². The van der Waals surface area contributed by atoms with Crippen LogP contribution in [0.25, 0.3) is 0 Å². The lowest BCUT2D eigenvalue weighted by Crippen LogP contribution is -2.40. The van der Waals surface area contributed by atoms with Crippen molar-refractivity contribution in [3.8, 4) is 0 Å². The van der Waals surface area contributed by atoms with Crippen molar-refractivity contribution in [2.45, 2.75) is 19.3 Å². The minimum absolute atomic E-state index is 0.143. The molecule has 2 aliphatic rings. The van der Waals surface area contributed by atoms with Gasteiger partial charge in [-0.15, -0.1) is 0 Å². The van der Waals surface area contributed by atoms with Crippen LogP contribution in [0, 0.1) is 5.41 Å². The van der Waals surface area contributed by atoms with E-state index >= 15 is 0 Å². The van der Waals surface area contributed by atoms with Crippen molar-refractivity contribution in [1.82, 2.24) is 14.8 Å². The predicted octanol–water partition coefficient (Wildman–Crippen LogP) is 1.64. The van der Waals surface area contributed by atoms with Crippen molar-refractivity contribution in [2.75, 3.05) is 33.2 Å². The number of amides is 1. The second kappa shape index (κ2) is 4.93. The summed E-state index contributed by atoms with van der Waals surface area (Å²) in [5.74, 6) is 0.143. The number of rotatable bonds is 1. The first-order chi connectivity index (χ1) is 9.19. The molecule has 0 N–H and O–H groups in total. The van der Waals surface area contributed by atoms with Gasteiger partial charge in [0, 0.05) is 25.5 Å². The Morgan fingerprint density at radius 2 is 2.00 bits per heavy atom. The Hall–Kier alpha value is -1.42. The number of hydrogen-bond acceptors (Lipinski definition) is 3. The topological polar surface area (TPSA) is 36.4 Å². The van der Waals surface area contributed by atoms with Gasteiger partial charge in [0.1, 0.15) is 0 Å². The van der Waals surface area contributed by atoms with Crippen LogP contribution in [0.15, 0.2) is 24.5 Å². The van der Waals surface area contributed by atoms with Crippen LogP contribution in [0.1, 0.15) is 29.6 Å². The van der Waals surface area contributed by atoms with E-state index in [9.17, 15) is 4.79 Å². The first-order valence-corrected chi connectivity index (χ1v) is 7.06. The third-order valence-corrected chi connectivity index (χ3v) is 4.68. The summed E-state index contributed by atoms with van der Waals surface area (Å²) in [6.07, 6.45) is 6.98. The number of hydrogen-bond donors (Lipinski definition) is 0. The maximum absolute atomic E-state index is 12.4. The molecule has 2 saturated heterocycles. The van der Waals surface area contributed by atoms with Crippen LogP contribution >= 0.6 is 0 Å². The molecule has 102 valence electrons. The number of aromatic nitrogens is 1. The molecule has 1 amide bonds. The Bertz CT molecular complexity index is 452. The van der Waals surface area contributed by atoms with Gasteiger partial charge in [0.2, 0.25) is 0 Å². The highest BCUT2D eigenvalue weighted by Gasteiger charge is 2.41. The lowest BCUT2D eigenvalue weighted by molar-refractivity contribution is 0.0736. The molecule has 0 atom stereocenters. The average molecular weight is 259 g/mol. The summed E-state index contributed by atoms with van der Waals surface area (Å²) in [6, 6.07) is 3.68. The molecule has 1 spiro atoms. The Morgan fingerprint density at radius 1 is 1.26 bits per heavy atom. The fraction of sp³-hybridized carbons (Fsp3) is 0.600. The van der Waals surface area contributed by atoms with E-state index in [0.717, 1.165) is 32.6 Å². The number of pyridine rings is 1. The Kier molecular flexibility index (Phi) is 3.27. The maximum atomic E-state index is 12.4. The molecule has 2 aliphatic heterocycles. The number of carbonyl (C=O) groups is 1. The summed E-state index contributed by atoms with van der Waals surface area (Å²) < 4.78 is 0. The van der Waals surface area contributed by atoms with Crippen LogP contribution in [0.4, 0.5) is 0 Å². The smallest absolute Gasteiger partial charge is 0.255 e. The monoisotopic (exact) mass is 259 g/mol. The van der Waals surface area contributed by atoms with E-state index in [4.69, 9.17) is 0 Å². The number of likely N-dealkylation sites (tertiary alicyclic amines) is 2. The Balaban J connectivity index is 1.67. The van der Waals surface area contributed by atoms with Crippen molar-refractivity contribution >= 4 is 5.91 Å². The van der Waals surface area contributed by atoms with E-state index in [1.54, 1.807) is 12.4 Å². The van der Waals surface area contributed by atoms with Gasteiger partial charge in [-0.2, -0.15) is 0 Å². The van der Waals surface area contributed by atoms with Crippen LogP contribution in [-0.2, 0) is 0 Å². The van der Waals surface area contributed by atoms with Gasteiger partial charge in [-0.05, 0) is 56.9 Å². The van der Waals surface area contributed by atoms with Crippen molar-refractivity contribution in [1.29, 1.82) is 0 Å². The summed E-state index contributed by atoms with van der Waals surface area (Å²) in [6.45, 7) is 4.15. The third-order valence-electron chi connectivity index (χ3n) is 4.68. The van der Waals surface area contributed by atoms with Gasteiger partial charge in [0.15, 0.2) is 0 Å². The van der Waals surface area contributed by atoms with Crippen molar-refractivity contribution in [3.05, 3.63) is 30.1 Å². The van der Waals surface area contributed by atoms with Crippen LogP contribution in [0.3, 0.4) is 0 Å². The lowest BCUT2D eigenvalue weighted by Gasteiger charge is -2.37. The molecule has 0 saturated carbocycles. The molecule has 0 unspecified atom stereocenters. The molecule has 3 heterocycles. The molecule has 2 fully saturated rings. The Labute approximate surface area is 114 Å². The summed E-state index contributed by atoms with van der Waals surface area (Å²) in [5, 5.41) is 0. The molecule has 4 heteroatoms. The van der Waals surface area contributed by atoms with E-state index < -0.39 is 0 Å². The zero-order valence-corrected chi connectivity index (χ0v) is 11.5. The molecule has 0 aromatic carbocycles. The fourth-order valence-electron chi connectivity index (χ4n) is 3.28. The van der Waals surface area contributed by atoms with Crippen LogP contribution < -0.4 is 0 Å². The van der Waals surface area contributed by atoms with Gasteiger partial charge < -0.3 is 9.80 Å². The molecule has 0 bridgehead atoms. The highest BCUT2D eigenvalue weighted by molar-refractivity contribution is 5.94. The van der Waals surface area contributed by atoms with Gasteiger partial charge in [-0.3, -0.25) is 9.78 Å². The molecule has 4 nitrogen and oxygen atoms in total. The maximum Gasteiger partial charge on any atom is 0.255 e. The second-order valence-electron chi connectivity index (χ2n) is 6.02. The number of nitrogens with zero attached hydrogens (tertiary/aromatic N) is 3. The summed E-state index contributed by atoms with van der Waals surface area (Å²) in [7, 11) is 2.18. The minimum atomic E-state index is 0.143. The molecular formula is C15H21N3O. The molecule has 0 aliphatic carbocycles. The first kappa shape index (κ1) is 12.6. The predicted molar refractivity (Wildman–Crippen MR) is 73.9 cm³/mol. The molecule has 3 rings (SSSR count). The molecule has 1 aromatic heterocycles. The lowest BCUT2D eigenvalue weighted by atomic mass is 9.78. The zero-order valence-electron chi connectivity index (χ0n) is 11.5. The van der Waals surface area contributed by atoms with Crippen LogP contribution in [-0.4, -0.2) is 53.9 Å². The van der Waals surface area contributed by atoms with Crippen molar-refractivity contribution < 1.29 is 4.79 Å². The van der Waals surface area contributed by atoms with Crippen LogP contribution in [0.2, 0.25) is 0 Å². The van der Waals surface area contributed by atoms with Crippen molar-refractivity contribution in [3.63, 3.8) is 0 Å². The normalized spacial score (nSPS) is 22.9. The standard InChI is InChI=1S/C15H21N3O/c1-17-8-4-15(5-9-17)6-10-18(12-15)14(19)13-3-2-7-16-11-13/h2-3,7,11H,4-6,8-10,12H2,1H3. The SMILES string of the molecule is CN1CCC2(CC1)CCN(C(=O)c1cccnc1)C2. The number of carbonyl (C=O) groups excluding carboxylic acids is 1. The highest BCUT2D eigenvalue weighted by Crippen LogP contribution is 2.40. The van der Waals surface area contributed by atoms with Crippen molar-refractivity contribution in [2.24, 2.45) is 5.41 Å². The minimum Gasteiger partial charge on any atom is -0.338 e. The largest absolute Gasteiger partial charge is 0.338 e. The van der Waals surface area contributed by atoms with Gasteiger partial charge in [0.25, 0.3) is 5.91 Å². The summed E-state index contributed by atoms with van der Waals surface area (Å²) in [4.78, 5) is 20.9. The molecular weight excluding hydrogens is 238 g/mol. The summed E-state index contributed by atoms with van der Waals surface area (Å²) in [5.41, 5.74) is 1.09. The average Bonchev–Trinajstić information content (AvgIpc) is 2.87. The van der Waals surface area contributed by atoms with Crippen LogP contribution in [0.5, 0.6) is 0 Å². The fourth-order valence-corrected chi connectivity index (χ4v) is 3.28. The zero-order chi connectivity index (χ0) is 13.3. The third kappa shape index (κ3) is 2.50. The van der Waals surface area contributed by atoms with Gasteiger partial charge >= 0.3 is 0 Å². The van der Waals surface area contributed by atoms with E-state index in [1.165, 1.54) is 12.8 Å². The van der Waals surface area contributed by atoms with E-state index in [1.807, 2.05) is 17.0 Å². The number of piperidine rings is 1. The molecule has 19 heavy (non-hydrogen) atoms. The molecule has 1 aromatic rings. The van der Waals surface area contributed by atoms with E-state index in [-0.39, 0.29) is 5.91 Å². The summed E-state index contributed by atoms with van der Waals surface area (Å²) >= 11 is 0. The molecule has 0 radical (unpaired) electrons. The van der Waals surface area contributed by atoms with Gasteiger partial charge in [-0.1, -0.05) is 0 Å². The quantitative estimate of drug-likeness (QED) is 0.769. The second-order valence-corrected chi connectivity index (χ2v) is 6.02. The Morgan fingerprint density at radius 3 is 2.68 bits per heavy atom. The van der Waals surface area contributed by atoms with E-state index in [2.05, 4.69) is 16.9 Å². The van der Waals surface area contributed by atoms with Gasteiger partial charge in [-0.25, -0.2) is 0 Å².